The molecular weight excluding hydrogens is 144 g/mol. The predicted molar refractivity (Wildman–Crippen MR) is 31.2 cm³/mol. The third-order valence-corrected chi connectivity index (χ3v) is 0. The van der Waals surface area contributed by atoms with Crippen LogP contribution < -0.4 is 11.5 Å². The van der Waals surface area contributed by atoms with Crippen LogP contribution >= 0.6 is 0 Å². The molecule has 0 aliphatic carbocycles. The summed E-state index contributed by atoms with van der Waals surface area (Å²) in [6.45, 7) is -0.500. The number of amides is 2. The Morgan fingerprint density at radius 2 is 1.10 bits per heavy atom. The molecule has 0 saturated carbocycles. The average molecular weight is 152 g/mol. The molecule has 6 N–H and O–H groups in total. The zero-order valence-corrected chi connectivity index (χ0v) is 4.93. The van der Waals surface area contributed by atoms with Crippen molar-refractivity contribution in [1.82, 2.24) is 0 Å². The van der Waals surface area contributed by atoms with Gasteiger partial charge in [-0.15, -0.1) is 0 Å². The van der Waals surface area contributed by atoms with E-state index in [0.717, 1.165) is 0 Å². The summed E-state index contributed by atoms with van der Waals surface area (Å²) in [6.07, 6.45) is 0. The number of primary amides is 2. The van der Waals surface area contributed by atoms with E-state index in [9.17, 15) is 0 Å². The van der Waals surface area contributed by atoms with Crippen LogP contribution in [0.25, 0.3) is 0 Å². The van der Waals surface area contributed by atoms with Gasteiger partial charge in [-0.05, 0) is 0 Å². The van der Waals surface area contributed by atoms with E-state index in [1.807, 2.05) is 0 Å². The highest BCUT2D eigenvalue weighted by atomic mass is 16.3. The minimum absolute atomic E-state index is 0.250. The van der Waals surface area contributed by atoms with Gasteiger partial charge in [-0.2, -0.15) is 0 Å². The van der Waals surface area contributed by atoms with Gasteiger partial charge in [-0.3, -0.25) is 9.59 Å². The second kappa shape index (κ2) is 27.0. The molecule has 0 aliphatic rings. The number of rotatable bonds is 0. The Balaban J connectivity index is -0.0000000750. The lowest BCUT2D eigenvalue weighted by molar-refractivity contribution is -0.123. The molecule has 0 bridgehead atoms. The minimum Gasteiger partial charge on any atom is -0.483 e. The molecule has 0 heterocycles. The van der Waals surface area contributed by atoms with Gasteiger partial charge in [-0.1, -0.05) is 0 Å². The Kier molecular flexibility index (Phi) is 42.4. The zero-order chi connectivity index (χ0) is 8.99. The lowest BCUT2D eigenvalue weighted by Gasteiger charge is -1.62. The smallest absolute Gasteiger partial charge is 0.309 e. The van der Waals surface area contributed by atoms with Crippen LogP contribution in [0, 0.1) is 0 Å². The fraction of sp³-hybridized carbons (Fsp3) is 0. The maximum absolute atomic E-state index is 9.00. The highest BCUT2D eigenvalue weighted by molar-refractivity contribution is 5.69. The molecule has 2 amide bonds. The topological polar surface area (TPSA) is 144 Å². The van der Waals surface area contributed by atoms with E-state index < -0.39 is 6.03 Å². The molecular formula is C3H8N2O5. The fourth-order valence-electron chi connectivity index (χ4n) is 0. The van der Waals surface area contributed by atoms with Gasteiger partial charge in [-0.25, -0.2) is 4.79 Å². The number of carbonyl (C=O) groups excluding carboxylic acids is 1. The Bertz CT molecular complexity index is 82.9. The van der Waals surface area contributed by atoms with Crippen LogP contribution in [0.2, 0.25) is 0 Å². The summed E-state index contributed by atoms with van der Waals surface area (Å²) in [5.41, 5.74) is 8.50. The number of hydrogen-bond acceptors (Lipinski definition) is 3. The summed E-state index contributed by atoms with van der Waals surface area (Å²) in [6, 6.07) is -0.833. The van der Waals surface area contributed by atoms with Crippen molar-refractivity contribution in [3.05, 3.63) is 0 Å². The van der Waals surface area contributed by atoms with Crippen LogP contribution in [0.15, 0.2) is 0 Å². The SMILES string of the molecule is NC(N)=O.O=CO.O=CO. The quantitative estimate of drug-likeness (QED) is 0.310. The number of carbonyl (C=O) groups is 3. The van der Waals surface area contributed by atoms with Gasteiger partial charge >= 0.3 is 6.03 Å². The van der Waals surface area contributed by atoms with Gasteiger partial charge in [0.05, 0.1) is 0 Å². The predicted octanol–water partition coefficient (Wildman–Crippen LogP) is -1.57. The molecule has 0 unspecified atom stereocenters. The first-order chi connectivity index (χ1) is 4.56. The van der Waals surface area contributed by atoms with Crippen LogP contribution in [-0.4, -0.2) is 29.2 Å². The van der Waals surface area contributed by atoms with Crippen LogP contribution in [-0.2, 0) is 9.59 Å². The molecule has 10 heavy (non-hydrogen) atoms. The van der Waals surface area contributed by atoms with Crippen LogP contribution in [0.1, 0.15) is 0 Å². The maximum atomic E-state index is 9.00. The van der Waals surface area contributed by atoms with Gasteiger partial charge < -0.3 is 21.7 Å². The fourth-order valence-corrected chi connectivity index (χ4v) is 0. The first-order valence-electron chi connectivity index (χ1n) is 1.77. The van der Waals surface area contributed by atoms with E-state index in [1.54, 1.807) is 0 Å². The summed E-state index contributed by atoms with van der Waals surface area (Å²) in [5, 5.41) is 13.8. The molecule has 0 aromatic carbocycles. The molecule has 0 aliphatic heterocycles. The number of urea groups is 1. The van der Waals surface area contributed by atoms with Crippen molar-refractivity contribution in [2.75, 3.05) is 0 Å². The Morgan fingerprint density at radius 1 is 1.10 bits per heavy atom. The lowest BCUT2D eigenvalue weighted by Crippen LogP contribution is -2.18. The van der Waals surface area contributed by atoms with Gasteiger partial charge in [0.1, 0.15) is 0 Å². The summed E-state index contributed by atoms with van der Waals surface area (Å²) in [7, 11) is 0. The van der Waals surface area contributed by atoms with E-state index in [1.165, 1.54) is 0 Å². The van der Waals surface area contributed by atoms with Crippen LogP contribution in [0.4, 0.5) is 4.79 Å². The van der Waals surface area contributed by atoms with Crippen LogP contribution in [0.5, 0.6) is 0 Å². The molecule has 0 saturated heterocycles. The number of carboxylic acid groups (broad SMARTS) is 2. The Hall–Kier alpha value is -1.79. The summed E-state index contributed by atoms with van der Waals surface area (Å²) in [5.74, 6) is 0. The van der Waals surface area contributed by atoms with Crippen molar-refractivity contribution in [2.24, 2.45) is 11.5 Å². The van der Waals surface area contributed by atoms with Gasteiger partial charge in [0, 0.05) is 0 Å². The average Bonchev–Trinajstić information content (AvgIpc) is 1.65. The Labute approximate surface area is 56.2 Å². The minimum atomic E-state index is -0.833. The van der Waals surface area contributed by atoms with E-state index in [0.29, 0.717) is 0 Å². The van der Waals surface area contributed by atoms with Gasteiger partial charge in [0.25, 0.3) is 12.9 Å². The molecule has 0 rings (SSSR count). The van der Waals surface area contributed by atoms with Crippen LogP contribution in [0.3, 0.4) is 0 Å². The molecule has 0 spiro atoms. The largest absolute Gasteiger partial charge is 0.483 e. The first kappa shape index (κ1) is 15.7. The standard InChI is InChI=1S/CH4N2O.2CH2O2/c2-1(3)4;2*2-1-3/h(H4,2,3,4);2*1H,(H,2,3). The number of nitrogens with two attached hydrogens (primary N) is 2. The normalized spacial score (nSPS) is 4.80. The zero-order valence-electron chi connectivity index (χ0n) is 4.93. The third-order valence-electron chi connectivity index (χ3n) is 0. The van der Waals surface area contributed by atoms with Crippen molar-refractivity contribution in [1.29, 1.82) is 0 Å². The molecule has 60 valence electrons. The Morgan fingerprint density at radius 3 is 1.10 bits per heavy atom. The maximum Gasteiger partial charge on any atom is 0.309 e. The highest BCUT2D eigenvalue weighted by Gasteiger charge is 1.60. The van der Waals surface area contributed by atoms with Gasteiger partial charge in [0.15, 0.2) is 0 Å². The summed E-state index contributed by atoms with van der Waals surface area (Å²) >= 11 is 0. The second-order valence-corrected chi connectivity index (χ2v) is 0.613. The molecule has 0 aromatic rings. The molecule has 0 radical (unpaired) electrons. The number of hydrogen-bond donors (Lipinski definition) is 4. The highest BCUT2D eigenvalue weighted by Crippen LogP contribution is 1.25. The van der Waals surface area contributed by atoms with E-state index in [2.05, 4.69) is 11.5 Å². The van der Waals surface area contributed by atoms with E-state index in [-0.39, 0.29) is 12.9 Å². The molecule has 7 nitrogen and oxygen atoms in total. The van der Waals surface area contributed by atoms with E-state index >= 15 is 0 Å². The first-order valence-corrected chi connectivity index (χ1v) is 1.77. The second-order valence-electron chi connectivity index (χ2n) is 0.613. The molecule has 0 fully saturated rings. The monoisotopic (exact) mass is 152 g/mol. The summed E-state index contributed by atoms with van der Waals surface area (Å²) < 4.78 is 0. The van der Waals surface area contributed by atoms with Crippen molar-refractivity contribution < 1.29 is 24.6 Å². The van der Waals surface area contributed by atoms with Crippen molar-refractivity contribution >= 4 is 19.0 Å². The van der Waals surface area contributed by atoms with Crippen molar-refractivity contribution in [2.45, 2.75) is 0 Å². The van der Waals surface area contributed by atoms with E-state index in [4.69, 9.17) is 24.6 Å². The lowest BCUT2D eigenvalue weighted by atomic mass is 11.2. The molecule has 0 aromatic heterocycles. The van der Waals surface area contributed by atoms with Crippen molar-refractivity contribution in [3.8, 4) is 0 Å². The summed E-state index contributed by atoms with van der Waals surface area (Å²) in [4.78, 5) is 25.7. The molecule has 7 heteroatoms. The van der Waals surface area contributed by atoms with Crippen molar-refractivity contribution in [3.63, 3.8) is 0 Å². The molecule has 0 atom stereocenters. The third kappa shape index (κ3) is 52.6. The van der Waals surface area contributed by atoms with Gasteiger partial charge in [0.2, 0.25) is 0 Å².